The minimum absolute atomic E-state index is 0.113. The van der Waals surface area contributed by atoms with Crippen molar-refractivity contribution in [1.29, 1.82) is 0 Å². The molecule has 7 nitrogen and oxygen atoms in total. The molecule has 1 aromatic heterocycles. The SMILES string of the molecule is CCOC(=O)CCc1c(C)c2ccc(O[C@@H](C)C(=O)OC)c(C)c2oc1=O. The number of fused-ring (bicyclic) bond motifs is 1. The lowest BCUT2D eigenvalue weighted by molar-refractivity contribution is -0.148. The quantitative estimate of drug-likeness (QED) is 0.542. The van der Waals surface area contributed by atoms with Gasteiger partial charge in [0.15, 0.2) is 6.10 Å². The molecule has 2 aromatic rings. The van der Waals surface area contributed by atoms with Crippen LogP contribution in [0.1, 0.15) is 37.0 Å². The van der Waals surface area contributed by atoms with Gasteiger partial charge in [-0.25, -0.2) is 9.59 Å². The van der Waals surface area contributed by atoms with E-state index in [0.717, 1.165) is 10.9 Å². The molecule has 2 rings (SSSR count). The average Bonchev–Trinajstić information content (AvgIpc) is 2.63. The number of rotatable bonds is 7. The van der Waals surface area contributed by atoms with Crippen molar-refractivity contribution in [1.82, 2.24) is 0 Å². The number of esters is 2. The predicted molar refractivity (Wildman–Crippen MR) is 99.0 cm³/mol. The van der Waals surface area contributed by atoms with Gasteiger partial charge in [-0.3, -0.25) is 4.79 Å². The van der Waals surface area contributed by atoms with Gasteiger partial charge in [0.2, 0.25) is 0 Å². The normalized spacial score (nSPS) is 11.9. The second-order valence-electron chi connectivity index (χ2n) is 6.15. The topological polar surface area (TPSA) is 92.0 Å². The molecule has 0 N–H and O–H groups in total. The van der Waals surface area contributed by atoms with Crippen LogP contribution in [0.5, 0.6) is 5.75 Å². The van der Waals surface area contributed by atoms with E-state index >= 15 is 0 Å². The maximum Gasteiger partial charge on any atom is 0.346 e. The van der Waals surface area contributed by atoms with Crippen molar-refractivity contribution in [3.8, 4) is 5.75 Å². The van der Waals surface area contributed by atoms with Crippen molar-refractivity contribution in [2.24, 2.45) is 0 Å². The van der Waals surface area contributed by atoms with Crippen molar-refractivity contribution in [2.75, 3.05) is 13.7 Å². The summed E-state index contributed by atoms with van der Waals surface area (Å²) in [6.45, 7) is 7.18. The lowest BCUT2D eigenvalue weighted by Crippen LogP contribution is -2.25. The molecule has 0 fully saturated rings. The second kappa shape index (κ2) is 8.70. The number of carbonyl (C=O) groups excluding carboxylic acids is 2. The molecule has 7 heteroatoms. The van der Waals surface area contributed by atoms with E-state index in [0.29, 0.717) is 29.1 Å². The van der Waals surface area contributed by atoms with Gasteiger partial charge in [0.1, 0.15) is 11.3 Å². The zero-order chi connectivity index (χ0) is 20.1. The van der Waals surface area contributed by atoms with Crippen molar-refractivity contribution in [3.05, 3.63) is 39.2 Å². The molecule has 0 radical (unpaired) electrons. The van der Waals surface area contributed by atoms with Crippen LogP contribution in [0, 0.1) is 13.8 Å². The first-order chi connectivity index (χ1) is 12.8. The Hall–Kier alpha value is -2.83. The van der Waals surface area contributed by atoms with E-state index in [4.69, 9.17) is 13.9 Å². The van der Waals surface area contributed by atoms with Gasteiger partial charge in [0.05, 0.1) is 13.7 Å². The molecule has 27 heavy (non-hydrogen) atoms. The highest BCUT2D eigenvalue weighted by molar-refractivity contribution is 5.86. The maximum absolute atomic E-state index is 12.4. The van der Waals surface area contributed by atoms with Gasteiger partial charge in [0.25, 0.3) is 0 Å². The molecule has 1 aromatic carbocycles. The number of ether oxygens (including phenoxy) is 3. The van der Waals surface area contributed by atoms with Crippen LogP contribution in [-0.2, 0) is 25.5 Å². The highest BCUT2D eigenvalue weighted by atomic mass is 16.6. The summed E-state index contributed by atoms with van der Waals surface area (Å²) < 4.78 is 20.7. The van der Waals surface area contributed by atoms with Crippen LogP contribution in [-0.4, -0.2) is 31.8 Å². The monoisotopic (exact) mass is 376 g/mol. The predicted octanol–water partition coefficient (Wildman–Crippen LogP) is 2.85. The van der Waals surface area contributed by atoms with Gasteiger partial charge in [0, 0.05) is 22.9 Å². The summed E-state index contributed by atoms with van der Waals surface area (Å²) >= 11 is 0. The van der Waals surface area contributed by atoms with E-state index in [-0.39, 0.29) is 18.8 Å². The molecule has 0 amide bonds. The zero-order valence-electron chi connectivity index (χ0n) is 16.2. The first kappa shape index (κ1) is 20.5. The largest absolute Gasteiger partial charge is 0.479 e. The number of hydrogen-bond acceptors (Lipinski definition) is 7. The Kier molecular flexibility index (Phi) is 6.60. The van der Waals surface area contributed by atoms with Gasteiger partial charge in [-0.2, -0.15) is 0 Å². The van der Waals surface area contributed by atoms with Crippen LogP contribution in [0.15, 0.2) is 21.3 Å². The lowest BCUT2D eigenvalue weighted by Gasteiger charge is -2.16. The first-order valence-electron chi connectivity index (χ1n) is 8.76. The van der Waals surface area contributed by atoms with E-state index < -0.39 is 17.7 Å². The van der Waals surface area contributed by atoms with Crippen molar-refractivity contribution in [3.63, 3.8) is 0 Å². The summed E-state index contributed by atoms with van der Waals surface area (Å²) in [5.41, 5.74) is 1.71. The highest BCUT2D eigenvalue weighted by Gasteiger charge is 2.19. The Labute approximate surface area is 157 Å². The van der Waals surface area contributed by atoms with Crippen molar-refractivity contribution >= 4 is 22.9 Å². The molecule has 1 atom stereocenters. The molecule has 0 saturated heterocycles. The van der Waals surface area contributed by atoms with Crippen molar-refractivity contribution < 1.29 is 28.2 Å². The third-order valence-corrected chi connectivity index (χ3v) is 4.38. The number of hydrogen-bond donors (Lipinski definition) is 0. The molecule has 0 aliphatic heterocycles. The molecule has 0 aliphatic rings. The summed E-state index contributed by atoms with van der Waals surface area (Å²) in [5, 5.41) is 0.754. The van der Waals surface area contributed by atoms with Gasteiger partial charge in [-0.15, -0.1) is 0 Å². The van der Waals surface area contributed by atoms with Crippen LogP contribution in [0.2, 0.25) is 0 Å². The number of carbonyl (C=O) groups is 2. The Balaban J connectivity index is 2.39. The van der Waals surface area contributed by atoms with Crippen LogP contribution in [0.4, 0.5) is 0 Å². The molecular weight excluding hydrogens is 352 g/mol. The Morgan fingerprint density at radius 2 is 1.89 bits per heavy atom. The van der Waals surface area contributed by atoms with Gasteiger partial charge >= 0.3 is 17.6 Å². The minimum Gasteiger partial charge on any atom is -0.479 e. The molecule has 1 heterocycles. The van der Waals surface area contributed by atoms with Crippen LogP contribution >= 0.6 is 0 Å². The van der Waals surface area contributed by atoms with Gasteiger partial charge in [-0.1, -0.05) is 0 Å². The maximum atomic E-state index is 12.4. The van der Waals surface area contributed by atoms with Gasteiger partial charge < -0.3 is 18.6 Å². The number of aryl methyl sites for hydroxylation is 2. The Morgan fingerprint density at radius 1 is 1.19 bits per heavy atom. The molecule has 0 bridgehead atoms. The van der Waals surface area contributed by atoms with E-state index in [1.165, 1.54) is 7.11 Å². The standard InChI is InChI=1S/C20H24O7/c1-6-25-17(21)10-8-15-11(2)14-7-9-16(26-13(4)19(22)24-5)12(3)18(14)27-20(15)23/h7,9,13H,6,8,10H2,1-5H3/t13-/m0/s1. The lowest BCUT2D eigenvalue weighted by atomic mass is 10.0. The van der Waals surface area contributed by atoms with Crippen LogP contribution in [0.25, 0.3) is 11.0 Å². The fraction of sp³-hybridized carbons (Fsp3) is 0.450. The molecule has 0 saturated carbocycles. The number of benzene rings is 1. The molecule has 0 aliphatic carbocycles. The van der Waals surface area contributed by atoms with Gasteiger partial charge in [-0.05, 0) is 51.8 Å². The summed E-state index contributed by atoms with van der Waals surface area (Å²) in [4.78, 5) is 35.6. The van der Waals surface area contributed by atoms with Crippen molar-refractivity contribution in [2.45, 2.75) is 46.6 Å². The third kappa shape index (κ3) is 4.48. The fourth-order valence-electron chi connectivity index (χ4n) is 2.85. The average molecular weight is 376 g/mol. The zero-order valence-corrected chi connectivity index (χ0v) is 16.2. The highest BCUT2D eigenvalue weighted by Crippen LogP contribution is 2.30. The molecule has 0 unspecified atom stereocenters. The summed E-state index contributed by atoms with van der Waals surface area (Å²) in [7, 11) is 1.29. The first-order valence-corrected chi connectivity index (χ1v) is 8.76. The Bertz CT molecular complexity index is 911. The Morgan fingerprint density at radius 3 is 2.52 bits per heavy atom. The molecule has 146 valence electrons. The third-order valence-electron chi connectivity index (χ3n) is 4.38. The second-order valence-corrected chi connectivity index (χ2v) is 6.15. The summed E-state index contributed by atoms with van der Waals surface area (Å²) in [6, 6.07) is 3.49. The molecule has 0 spiro atoms. The van der Waals surface area contributed by atoms with E-state index in [9.17, 15) is 14.4 Å². The van der Waals surface area contributed by atoms with E-state index in [1.807, 2.05) is 6.92 Å². The van der Waals surface area contributed by atoms with E-state index in [2.05, 4.69) is 4.74 Å². The number of methoxy groups -OCH3 is 1. The fourth-order valence-corrected chi connectivity index (χ4v) is 2.85. The van der Waals surface area contributed by atoms with Crippen LogP contribution in [0.3, 0.4) is 0 Å². The molecular formula is C20H24O7. The smallest absolute Gasteiger partial charge is 0.346 e. The van der Waals surface area contributed by atoms with Crippen LogP contribution < -0.4 is 10.4 Å². The van der Waals surface area contributed by atoms with E-state index in [1.54, 1.807) is 32.9 Å². The summed E-state index contributed by atoms with van der Waals surface area (Å²) in [5.74, 6) is -0.420. The minimum atomic E-state index is -0.789. The summed E-state index contributed by atoms with van der Waals surface area (Å²) in [6.07, 6.45) is -0.427.